The second-order valence-corrected chi connectivity index (χ2v) is 20.4. The van der Waals surface area contributed by atoms with Gasteiger partial charge in [0, 0.05) is 33.3 Å². The molecule has 0 radical (unpaired) electrons. The number of halogens is 2. The second-order valence-electron chi connectivity index (χ2n) is 20.4. The number of benzene rings is 12. The SMILES string of the molecule is [2H]c1c([2H])c([2H])c(N(c2c(F)cc(-c3cc(C)cc(C)c3)cc2-c2cc(C)cc(C)c2)c2ccc3ccc4c(N(c5c(F)cc(-c6cc(C)cc(C)c6)cc5-c5cc(C)cc(C)c5)c5c([2H])c([2H])c([2H])c([2H])c5[2H])ccc5ccc2c3c54)c([2H])c1[2H]. The lowest BCUT2D eigenvalue weighted by Gasteiger charge is -2.32. The summed E-state index contributed by atoms with van der Waals surface area (Å²) < 4.78 is 129. The Labute approximate surface area is 459 Å². The van der Waals surface area contributed by atoms with Crippen LogP contribution in [0.1, 0.15) is 58.2 Å². The van der Waals surface area contributed by atoms with Crippen molar-refractivity contribution in [1.29, 1.82) is 0 Å². The molecule has 2 nitrogen and oxygen atoms in total. The number of hydrogen-bond donors (Lipinski definition) is 0. The molecule has 12 rings (SSSR count). The van der Waals surface area contributed by atoms with Gasteiger partial charge in [-0.25, -0.2) is 8.78 Å². The van der Waals surface area contributed by atoms with Gasteiger partial charge in [-0.05, 0) is 171 Å². The summed E-state index contributed by atoms with van der Waals surface area (Å²) in [5.74, 6) is -1.45. The van der Waals surface area contributed by atoms with Crippen molar-refractivity contribution in [2.24, 2.45) is 0 Å². The van der Waals surface area contributed by atoms with E-state index in [1.807, 2.05) is 177 Å². The minimum Gasteiger partial charge on any atom is -0.307 e. The van der Waals surface area contributed by atoms with Crippen LogP contribution in [-0.4, -0.2) is 0 Å². The summed E-state index contributed by atoms with van der Waals surface area (Å²) >= 11 is 0. The molecular formula is C72H58F2N2. The van der Waals surface area contributed by atoms with E-state index >= 15 is 8.78 Å². The van der Waals surface area contributed by atoms with Crippen molar-refractivity contribution < 1.29 is 22.5 Å². The third-order valence-corrected chi connectivity index (χ3v) is 14.3. The molecule has 12 aromatic carbocycles. The van der Waals surface area contributed by atoms with Crippen LogP contribution in [0.2, 0.25) is 0 Å². The van der Waals surface area contributed by atoms with Crippen molar-refractivity contribution in [3.05, 3.63) is 262 Å². The number of hydrogen-bond acceptors (Lipinski definition) is 2. The molecule has 0 aliphatic carbocycles. The molecule has 370 valence electrons. The van der Waals surface area contributed by atoms with Gasteiger partial charge in [0.05, 0.1) is 36.5 Å². The van der Waals surface area contributed by atoms with Crippen LogP contribution >= 0.6 is 0 Å². The van der Waals surface area contributed by atoms with E-state index in [4.69, 9.17) is 8.22 Å². The molecule has 0 saturated carbocycles. The van der Waals surface area contributed by atoms with E-state index in [1.54, 1.807) is 12.1 Å². The average Bonchev–Trinajstić information content (AvgIpc) is 0.760. The minimum atomic E-state index is -0.727. The summed E-state index contributed by atoms with van der Waals surface area (Å²) in [6, 6.07) is 39.1. The maximum absolute atomic E-state index is 18.4. The number of aryl methyl sites for hydroxylation is 8. The van der Waals surface area contributed by atoms with Gasteiger partial charge >= 0.3 is 0 Å². The monoisotopic (exact) mass is 999 g/mol. The Bertz CT molecular complexity index is 4420. The van der Waals surface area contributed by atoms with Crippen molar-refractivity contribution in [2.45, 2.75) is 55.4 Å². The number of anilines is 6. The number of rotatable bonds is 10. The Morgan fingerprint density at radius 2 is 0.605 bits per heavy atom. The molecule has 0 bridgehead atoms. The van der Waals surface area contributed by atoms with E-state index in [1.165, 1.54) is 21.9 Å². The van der Waals surface area contributed by atoms with Crippen LogP contribution in [0.5, 0.6) is 0 Å². The van der Waals surface area contributed by atoms with Crippen LogP contribution in [0.4, 0.5) is 42.9 Å². The highest BCUT2D eigenvalue weighted by Gasteiger charge is 2.29. The predicted octanol–water partition coefficient (Wildman–Crippen LogP) is 20.9. The summed E-state index contributed by atoms with van der Waals surface area (Å²) in [6.45, 7) is 15.7. The molecule has 0 amide bonds. The van der Waals surface area contributed by atoms with Gasteiger partial charge in [-0.15, -0.1) is 0 Å². The molecule has 12 aromatic rings. The largest absolute Gasteiger partial charge is 0.307 e. The van der Waals surface area contributed by atoms with Crippen LogP contribution in [0.15, 0.2) is 206 Å². The van der Waals surface area contributed by atoms with Gasteiger partial charge in [0.1, 0.15) is 11.6 Å². The summed E-state index contributed by atoms with van der Waals surface area (Å²) in [6.07, 6.45) is 0. The van der Waals surface area contributed by atoms with E-state index in [0.717, 1.165) is 55.6 Å². The Morgan fingerprint density at radius 1 is 0.316 bits per heavy atom. The Balaban J connectivity index is 1.20. The van der Waals surface area contributed by atoms with Gasteiger partial charge in [-0.1, -0.05) is 190 Å². The first-order valence-corrected chi connectivity index (χ1v) is 25.3. The van der Waals surface area contributed by atoms with Gasteiger partial charge in [0.25, 0.3) is 0 Å². The molecule has 0 aliphatic rings. The molecule has 0 unspecified atom stereocenters. The van der Waals surface area contributed by atoms with Crippen LogP contribution in [0.3, 0.4) is 0 Å². The van der Waals surface area contributed by atoms with Crippen molar-refractivity contribution in [1.82, 2.24) is 0 Å². The highest BCUT2D eigenvalue weighted by molar-refractivity contribution is 6.28. The summed E-state index contributed by atoms with van der Waals surface area (Å²) in [4.78, 5) is 2.89. The van der Waals surface area contributed by atoms with Crippen molar-refractivity contribution in [2.75, 3.05) is 9.80 Å². The molecule has 0 aromatic heterocycles. The van der Waals surface area contributed by atoms with Gasteiger partial charge < -0.3 is 9.80 Å². The Hall–Kier alpha value is -8.86. The van der Waals surface area contributed by atoms with Crippen molar-refractivity contribution in [3.63, 3.8) is 0 Å². The normalized spacial score (nSPS) is 13.4. The highest BCUT2D eigenvalue weighted by atomic mass is 19.1. The third-order valence-electron chi connectivity index (χ3n) is 14.3. The lowest BCUT2D eigenvalue weighted by Crippen LogP contribution is -2.15. The van der Waals surface area contributed by atoms with Crippen molar-refractivity contribution >= 4 is 66.4 Å². The lowest BCUT2D eigenvalue weighted by molar-refractivity contribution is 0.629. The van der Waals surface area contributed by atoms with Crippen LogP contribution < -0.4 is 9.80 Å². The van der Waals surface area contributed by atoms with E-state index in [0.29, 0.717) is 65.7 Å². The Morgan fingerprint density at radius 3 is 0.934 bits per heavy atom. The zero-order chi connectivity index (χ0) is 61.2. The molecule has 0 N–H and O–H groups in total. The fourth-order valence-electron chi connectivity index (χ4n) is 11.5. The van der Waals surface area contributed by atoms with E-state index in [9.17, 15) is 5.48 Å². The zero-order valence-electron chi connectivity index (χ0n) is 53.5. The molecule has 0 spiro atoms. The molecule has 0 aliphatic heterocycles. The molecule has 0 fully saturated rings. The van der Waals surface area contributed by atoms with Gasteiger partial charge in [0.15, 0.2) is 0 Å². The van der Waals surface area contributed by atoms with E-state index in [-0.39, 0.29) is 34.1 Å². The minimum absolute atomic E-state index is 0.0663. The third kappa shape index (κ3) is 8.74. The molecule has 76 heavy (non-hydrogen) atoms. The molecule has 4 heteroatoms. The fraction of sp³-hybridized carbons (Fsp3) is 0.111. The molecule has 0 saturated heterocycles. The van der Waals surface area contributed by atoms with Crippen LogP contribution in [0.25, 0.3) is 76.8 Å². The summed E-state index contributed by atoms with van der Waals surface area (Å²) in [7, 11) is 0. The number of nitrogens with zero attached hydrogens (tertiary/aromatic N) is 2. The van der Waals surface area contributed by atoms with Gasteiger partial charge in [-0.2, -0.15) is 0 Å². The average molecular weight is 999 g/mol. The van der Waals surface area contributed by atoms with Gasteiger partial charge in [-0.3, -0.25) is 0 Å². The molecule has 0 heterocycles. The first kappa shape index (κ1) is 37.8. The standard InChI is InChI=1S/C72H58F2N2/c1-43-27-44(2)32-53(31-43)55-39-63(57-35-47(5)29-48(6)36-57)71(65(73)41-55)75(59-15-11-9-12-16-59)67-25-21-51-20-24-62-68(26-22-52-19-23-61(67)69(51)70(52)62)76(60-17-13-10-14-18-60)72-64(58-37-49(7)30-50(8)38-58)40-56(42-66(72)74)54-33-45(3)28-46(4)34-54/h9-42H,1-8H3/i9D,10D,11D,12D,13D,14D,15D,16D,17D,18D. The second kappa shape index (κ2) is 19.1. The topological polar surface area (TPSA) is 6.48 Å². The van der Waals surface area contributed by atoms with Crippen LogP contribution in [0, 0.1) is 67.0 Å². The maximum atomic E-state index is 18.4. The van der Waals surface area contributed by atoms with Crippen molar-refractivity contribution in [3.8, 4) is 44.5 Å². The quantitative estimate of drug-likeness (QED) is 0.126. The highest BCUT2D eigenvalue weighted by Crippen LogP contribution is 2.52. The molecular weight excluding hydrogens is 931 g/mol. The predicted molar refractivity (Wildman–Crippen MR) is 319 cm³/mol. The maximum Gasteiger partial charge on any atom is 0.148 e. The van der Waals surface area contributed by atoms with E-state index < -0.39 is 72.1 Å². The smallest absolute Gasteiger partial charge is 0.148 e. The number of para-hydroxylation sites is 2. The Kier molecular flexibility index (Phi) is 9.51. The summed E-state index contributed by atoms with van der Waals surface area (Å²) in [5, 5.41) is 3.60. The zero-order valence-corrected chi connectivity index (χ0v) is 43.5. The lowest BCUT2D eigenvalue weighted by atomic mass is 9.90. The van der Waals surface area contributed by atoms with Crippen LogP contribution in [-0.2, 0) is 0 Å². The molecule has 0 atom stereocenters. The first-order valence-electron chi connectivity index (χ1n) is 30.3. The van der Waals surface area contributed by atoms with E-state index in [2.05, 4.69) is 0 Å². The summed E-state index contributed by atoms with van der Waals surface area (Å²) in [5.41, 5.74) is 12.0. The van der Waals surface area contributed by atoms with Gasteiger partial charge in [0.2, 0.25) is 0 Å². The fourth-order valence-corrected chi connectivity index (χ4v) is 11.5. The first-order chi connectivity index (χ1) is 40.9.